The maximum atomic E-state index is 15.1. The lowest BCUT2D eigenvalue weighted by molar-refractivity contribution is -0.149. The Labute approximate surface area is 169 Å². The summed E-state index contributed by atoms with van der Waals surface area (Å²) in [7, 11) is -2.52. The molecule has 2 rings (SSSR count). The summed E-state index contributed by atoms with van der Waals surface area (Å²) >= 11 is 0. The number of nitrogens with zero attached hydrogens (tertiary/aromatic N) is 1. The number of esters is 1. The second kappa shape index (κ2) is 9.27. The van der Waals surface area contributed by atoms with Gasteiger partial charge in [-0.15, -0.1) is 4.52 Å². The molecule has 2 aliphatic heterocycles. The lowest BCUT2D eigenvalue weighted by atomic mass is 9.98. The van der Waals surface area contributed by atoms with Gasteiger partial charge in [-0.3, -0.25) is 9.69 Å². The SMILES string of the molecule is C=C1C=CN([C@@H]2O[C@H](CO[P+](=O)N[C@@H](C)C(=O)OC(C)C)[C@@H](O)[C@@]2(C)F)C(=O)N1. The predicted molar refractivity (Wildman–Crippen MR) is 100 cm³/mol. The van der Waals surface area contributed by atoms with Gasteiger partial charge in [-0.25, -0.2) is 9.18 Å². The number of amides is 2. The van der Waals surface area contributed by atoms with Gasteiger partial charge in [-0.05, 0) is 38.3 Å². The standard InChI is InChI=1S/C17H25FN3O7P/c1-9(2)27-14(23)11(4)20-29(25)26-8-12-13(22)17(5,18)15(28-12)21-7-6-10(3)19-16(21)24/h6-7,9,11-13,15,22H,3,8H2,1-2,4-5H3,(H-,19,20,24,25)/p+1/t11-,12+,13+,15+,17+/m0/s1. The highest BCUT2D eigenvalue weighted by Gasteiger charge is 2.57. The third-order valence-corrected chi connectivity index (χ3v) is 5.25. The molecule has 2 aliphatic rings. The summed E-state index contributed by atoms with van der Waals surface area (Å²) in [6.07, 6.45) is -1.85. The molecular formula is C17H26FN3O7P+. The summed E-state index contributed by atoms with van der Waals surface area (Å²) in [5.41, 5.74) is -1.99. The summed E-state index contributed by atoms with van der Waals surface area (Å²) in [6.45, 7) is 9.04. The third kappa shape index (κ3) is 5.58. The highest BCUT2D eigenvalue weighted by molar-refractivity contribution is 7.36. The molecule has 0 aromatic rings. The van der Waals surface area contributed by atoms with Crippen LogP contribution in [0.4, 0.5) is 9.18 Å². The molecule has 0 aromatic carbocycles. The number of carbonyl (C=O) groups is 2. The van der Waals surface area contributed by atoms with Gasteiger partial charge < -0.3 is 19.9 Å². The van der Waals surface area contributed by atoms with Crippen molar-refractivity contribution in [2.75, 3.05) is 6.61 Å². The van der Waals surface area contributed by atoms with Gasteiger partial charge in [0.15, 0.2) is 11.9 Å². The van der Waals surface area contributed by atoms with E-state index in [0.29, 0.717) is 5.70 Å². The number of hydrogen-bond acceptors (Lipinski definition) is 7. The van der Waals surface area contributed by atoms with Crippen molar-refractivity contribution >= 4 is 20.2 Å². The minimum absolute atomic E-state index is 0.329. The Bertz CT molecular complexity index is 715. The number of halogens is 1. The van der Waals surface area contributed by atoms with Crippen molar-refractivity contribution in [2.24, 2.45) is 0 Å². The lowest BCUT2D eigenvalue weighted by Gasteiger charge is -2.33. The number of alkyl halides is 1. The summed E-state index contributed by atoms with van der Waals surface area (Å²) in [5.74, 6) is -0.606. The van der Waals surface area contributed by atoms with Crippen LogP contribution >= 0.6 is 8.18 Å². The van der Waals surface area contributed by atoms with Crippen LogP contribution in [0, 0.1) is 0 Å². The average molecular weight is 434 g/mol. The minimum atomic E-state index is -2.52. The topological polar surface area (TPSA) is 126 Å². The van der Waals surface area contributed by atoms with Crippen LogP contribution in [-0.4, -0.2) is 64.9 Å². The van der Waals surface area contributed by atoms with Gasteiger partial charge in [0.1, 0.15) is 24.9 Å². The first-order chi connectivity index (χ1) is 13.4. The van der Waals surface area contributed by atoms with E-state index in [1.807, 2.05) is 0 Å². The smallest absolute Gasteiger partial charge is 0.462 e. The Kier molecular flexibility index (Phi) is 7.47. The van der Waals surface area contributed by atoms with E-state index in [2.05, 4.69) is 17.0 Å². The molecule has 0 bridgehead atoms. The highest BCUT2D eigenvalue weighted by Crippen LogP contribution is 2.38. The van der Waals surface area contributed by atoms with Gasteiger partial charge in [0, 0.05) is 11.9 Å². The van der Waals surface area contributed by atoms with Crippen molar-refractivity contribution < 1.29 is 37.6 Å². The average Bonchev–Trinajstić information content (AvgIpc) is 2.82. The number of hydrogen-bond donors (Lipinski definition) is 3. The van der Waals surface area contributed by atoms with E-state index in [4.69, 9.17) is 14.0 Å². The first-order valence-corrected chi connectivity index (χ1v) is 10.2. The fraction of sp³-hybridized carbons (Fsp3) is 0.647. The van der Waals surface area contributed by atoms with Crippen LogP contribution < -0.4 is 10.4 Å². The van der Waals surface area contributed by atoms with E-state index in [1.54, 1.807) is 13.8 Å². The Balaban J connectivity index is 1.94. The molecular weight excluding hydrogens is 408 g/mol. The van der Waals surface area contributed by atoms with Crippen LogP contribution in [0.5, 0.6) is 0 Å². The number of aliphatic hydroxyl groups excluding tert-OH is 1. The fourth-order valence-electron chi connectivity index (χ4n) is 2.74. The molecule has 1 unspecified atom stereocenters. The van der Waals surface area contributed by atoms with Crippen molar-refractivity contribution in [1.82, 2.24) is 15.3 Å². The molecule has 2 heterocycles. The number of ether oxygens (including phenoxy) is 2. The quantitative estimate of drug-likeness (QED) is 0.387. The highest BCUT2D eigenvalue weighted by atomic mass is 31.1. The number of allylic oxidation sites excluding steroid dienone is 1. The van der Waals surface area contributed by atoms with Crippen molar-refractivity contribution in [3.05, 3.63) is 24.6 Å². The Morgan fingerprint density at radius 2 is 2.21 bits per heavy atom. The number of rotatable bonds is 8. The van der Waals surface area contributed by atoms with E-state index in [1.165, 1.54) is 19.2 Å². The van der Waals surface area contributed by atoms with E-state index in [9.17, 15) is 19.3 Å². The molecule has 12 heteroatoms. The van der Waals surface area contributed by atoms with E-state index < -0.39 is 56.9 Å². The molecule has 10 nitrogen and oxygen atoms in total. The Morgan fingerprint density at radius 1 is 1.55 bits per heavy atom. The third-order valence-electron chi connectivity index (χ3n) is 4.27. The van der Waals surface area contributed by atoms with Crippen molar-refractivity contribution in [3.63, 3.8) is 0 Å². The molecule has 1 fully saturated rings. The van der Waals surface area contributed by atoms with E-state index >= 15 is 4.39 Å². The number of aliphatic hydroxyl groups is 1. The Hall–Kier alpha value is -1.91. The maximum Gasteiger partial charge on any atom is 0.613 e. The molecule has 0 spiro atoms. The zero-order chi connectivity index (χ0) is 21.9. The van der Waals surface area contributed by atoms with Gasteiger partial charge in [-0.2, -0.15) is 0 Å². The van der Waals surface area contributed by atoms with Crippen LogP contribution in [0.25, 0.3) is 0 Å². The predicted octanol–water partition coefficient (Wildman–Crippen LogP) is 1.46. The number of nitrogens with one attached hydrogen (secondary N) is 2. The van der Waals surface area contributed by atoms with Crippen molar-refractivity contribution in [3.8, 4) is 0 Å². The number of urea groups is 1. The normalized spacial score (nSPS) is 31.1. The maximum absolute atomic E-state index is 15.1. The van der Waals surface area contributed by atoms with Gasteiger partial charge in [0.25, 0.3) is 0 Å². The summed E-state index contributed by atoms with van der Waals surface area (Å²) < 4.78 is 42.6. The fourth-order valence-corrected chi connectivity index (χ4v) is 3.52. The molecule has 0 saturated carbocycles. The van der Waals surface area contributed by atoms with Crippen LogP contribution in [0.15, 0.2) is 24.6 Å². The summed E-state index contributed by atoms with van der Waals surface area (Å²) in [5, 5.41) is 15.1. The molecule has 0 aromatic heterocycles. The first kappa shape index (κ1) is 23.4. The van der Waals surface area contributed by atoms with Crippen LogP contribution in [0.2, 0.25) is 0 Å². The van der Waals surface area contributed by atoms with E-state index in [-0.39, 0.29) is 6.10 Å². The molecule has 0 aliphatic carbocycles. The summed E-state index contributed by atoms with van der Waals surface area (Å²) in [4.78, 5) is 24.7. The number of carbonyl (C=O) groups excluding carboxylic acids is 2. The molecule has 162 valence electrons. The van der Waals surface area contributed by atoms with Crippen LogP contribution in [0.1, 0.15) is 27.7 Å². The minimum Gasteiger partial charge on any atom is -0.462 e. The summed E-state index contributed by atoms with van der Waals surface area (Å²) in [6, 6.07) is -1.56. The molecule has 29 heavy (non-hydrogen) atoms. The van der Waals surface area contributed by atoms with Gasteiger partial charge >= 0.3 is 20.2 Å². The van der Waals surface area contributed by atoms with Crippen LogP contribution in [0.3, 0.4) is 0 Å². The molecule has 1 saturated heterocycles. The monoisotopic (exact) mass is 434 g/mol. The van der Waals surface area contributed by atoms with Gasteiger partial charge in [0.05, 0.1) is 6.10 Å². The van der Waals surface area contributed by atoms with Crippen molar-refractivity contribution in [1.29, 1.82) is 0 Å². The lowest BCUT2D eigenvalue weighted by Crippen LogP contribution is -2.53. The van der Waals surface area contributed by atoms with Crippen molar-refractivity contribution in [2.45, 2.75) is 63.9 Å². The second-order valence-electron chi connectivity index (χ2n) is 7.19. The zero-order valence-corrected chi connectivity index (χ0v) is 17.5. The van der Waals surface area contributed by atoms with Gasteiger partial charge in [0.2, 0.25) is 0 Å². The molecule has 6 atom stereocenters. The second-order valence-corrected chi connectivity index (χ2v) is 8.22. The van der Waals surface area contributed by atoms with E-state index in [0.717, 1.165) is 11.8 Å². The van der Waals surface area contributed by atoms with Crippen LogP contribution in [-0.2, 0) is 23.4 Å². The Morgan fingerprint density at radius 3 is 2.79 bits per heavy atom. The van der Waals surface area contributed by atoms with Gasteiger partial charge in [-0.1, -0.05) is 11.7 Å². The molecule has 3 N–H and O–H groups in total. The molecule has 0 radical (unpaired) electrons. The molecule has 2 amide bonds. The first-order valence-electron chi connectivity index (χ1n) is 8.99. The largest absolute Gasteiger partial charge is 0.613 e. The zero-order valence-electron chi connectivity index (χ0n) is 16.6.